The Morgan fingerprint density at radius 1 is 1.11 bits per heavy atom. The van der Waals surface area contributed by atoms with E-state index in [1.165, 1.54) is 0 Å². The van der Waals surface area contributed by atoms with Gasteiger partial charge in [-0.2, -0.15) is 0 Å². The fraction of sp³-hybridized carbons (Fsp3) is 0.133. The summed E-state index contributed by atoms with van der Waals surface area (Å²) >= 11 is 9.26. The normalized spacial score (nSPS) is 11.9. The van der Waals surface area contributed by atoms with E-state index in [1.54, 1.807) is 43.5 Å². The molecule has 0 spiro atoms. The van der Waals surface area contributed by atoms with E-state index in [0.29, 0.717) is 10.6 Å². The smallest absolute Gasteiger partial charge is 0.180 e. The van der Waals surface area contributed by atoms with E-state index in [1.807, 2.05) is 12.1 Å². The summed E-state index contributed by atoms with van der Waals surface area (Å²) in [7, 11) is 1.60. The minimum Gasteiger partial charge on any atom is -0.497 e. The molecule has 98 valence electrons. The molecule has 1 atom stereocenters. The molecule has 0 saturated carbocycles. The van der Waals surface area contributed by atoms with Gasteiger partial charge in [-0.1, -0.05) is 39.7 Å². The molecule has 0 bridgehead atoms. The molecule has 4 heteroatoms. The first-order valence-electron chi connectivity index (χ1n) is 5.69. The summed E-state index contributed by atoms with van der Waals surface area (Å²) in [6.45, 7) is 0. The molecule has 19 heavy (non-hydrogen) atoms. The minimum atomic E-state index is -0.377. The number of methoxy groups -OCH3 is 1. The molecule has 0 radical (unpaired) electrons. The number of ether oxygens (including phenoxy) is 1. The van der Waals surface area contributed by atoms with Gasteiger partial charge in [0.2, 0.25) is 0 Å². The third kappa shape index (κ3) is 3.37. The lowest BCUT2D eigenvalue weighted by atomic mass is 10.0. The first kappa shape index (κ1) is 14.1. The molecule has 1 unspecified atom stereocenters. The quantitative estimate of drug-likeness (QED) is 0.598. The standard InChI is InChI=1S/C15H12BrClO2/c1-19-13-8-4-11(5-9-13)15(18)14(16)10-2-6-12(17)7-3-10/h2-9,14H,1H3. The van der Waals surface area contributed by atoms with Crippen LogP contribution >= 0.6 is 27.5 Å². The zero-order valence-corrected chi connectivity index (χ0v) is 12.6. The van der Waals surface area contributed by atoms with Gasteiger partial charge in [-0.25, -0.2) is 0 Å². The van der Waals surface area contributed by atoms with Crippen molar-refractivity contribution in [3.63, 3.8) is 0 Å². The maximum atomic E-state index is 12.3. The first-order valence-corrected chi connectivity index (χ1v) is 6.99. The highest BCUT2D eigenvalue weighted by Crippen LogP contribution is 2.28. The van der Waals surface area contributed by atoms with Gasteiger partial charge in [-0.3, -0.25) is 4.79 Å². The fourth-order valence-electron chi connectivity index (χ4n) is 1.68. The predicted molar refractivity (Wildman–Crippen MR) is 80.4 cm³/mol. The average Bonchev–Trinajstić information content (AvgIpc) is 2.46. The molecule has 2 rings (SSSR count). The van der Waals surface area contributed by atoms with Crippen molar-refractivity contribution in [3.05, 3.63) is 64.7 Å². The molecule has 2 aromatic rings. The second kappa shape index (κ2) is 6.22. The summed E-state index contributed by atoms with van der Waals surface area (Å²) in [6.07, 6.45) is 0. The van der Waals surface area contributed by atoms with Crippen LogP contribution in [0, 0.1) is 0 Å². The second-order valence-electron chi connectivity index (χ2n) is 4.01. The monoisotopic (exact) mass is 338 g/mol. The third-order valence-electron chi connectivity index (χ3n) is 2.77. The van der Waals surface area contributed by atoms with Crippen molar-refractivity contribution in [1.29, 1.82) is 0 Å². The Bertz CT molecular complexity index is 564. The van der Waals surface area contributed by atoms with Crippen LogP contribution in [0.4, 0.5) is 0 Å². The van der Waals surface area contributed by atoms with Crippen LogP contribution in [0.1, 0.15) is 20.7 Å². The lowest BCUT2D eigenvalue weighted by Crippen LogP contribution is -2.06. The van der Waals surface area contributed by atoms with E-state index >= 15 is 0 Å². The van der Waals surface area contributed by atoms with E-state index < -0.39 is 0 Å². The van der Waals surface area contributed by atoms with Gasteiger partial charge in [0.1, 0.15) is 10.6 Å². The van der Waals surface area contributed by atoms with E-state index in [2.05, 4.69) is 15.9 Å². The molecule has 0 aliphatic heterocycles. The Kier molecular flexibility index (Phi) is 4.61. The molecule has 0 N–H and O–H groups in total. The van der Waals surface area contributed by atoms with Crippen molar-refractivity contribution in [1.82, 2.24) is 0 Å². The molecular formula is C15H12BrClO2. The SMILES string of the molecule is COc1ccc(C(=O)C(Br)c2ccc(Cl)cc2)cc1. The molecule has 0 aliphatic carbocycles. The number of rotatable bonds is 4. The van der Waals surface area contributed by atoms with Crippen LogP contribution in [0.15, 0.2) is 48.5 Å². The number of Topliss-reactive ketones (excluding diaryl/α,β-unsaturated/α-hetero) is 1. The number of carbonyl (C=O) groups excluding carboxylic acids is 1. The van der Waals surface area contributed by atoms with Crippen molar-refractivity contribution in [2.45, 2.75) is 4.83 Å². The molecule has 2 aromatic carbocycles. The van der Waals surface area contributed by atoms with Gasteiger partial charge < -0.3 is 4.74 Å². The summed E-state index contributed by atoms with van der Waals surface area (Å²) in [5, 5.41) is 0.653. The van der Waals surface area contributed by atoms with Crippen molar-refractivity contribution in [2.24, 2.45) is 0 Å². The van der Waals surface area contributed by atoms with Crippen LogP contribution in [0.2, 0.25) is 5.02 Å². The molecule has 2 nitrogen and oxygen atoms in total. The number of alkyl halides is 1. The van der Waals surface area contributed by atoms with Crippen molar-refractivity contribution in [2.75, 3.05) is 7.11 Å². The lowest BCUT2D eigenvalue weighted by molar-refractivity contribution is 0.0991. The maximum Gasteiger partial charge on any atom is 0.180 e. The van der Waals surface area contributed by atoms with Gasteiger partial charge in [0.25, 0.3) is 0 Å². The van der Waals surface area contributed by atoms with Crippen LogP contribution in [0.3, 0.4) is 0 Å². The van der Waals surface area contributed by atoms with E-state index in [-0.39, 0.29) is 10.6 Å². The van der Waals surface area contributed by atoms with Gasteiger partial charge >= 0.3 is 0 Å². The van der Waals surface area contributed by atoms with Crippen LogP contribution in [-0.4, -0.2) is 12.9 Å². The Hall–Kier alpha value is -1.32. The van der Waals surface area contributed by atoms with Crippen LogP contribution in [0.25, 0.3) is 0 Å². The molecule has 0 saturated heterocycles. The van der Waals surface area contributed by atoms with Crippen LogP contribution in [-0.2, 0) is 0 Å². The third-order valence-corrected chi connectivity index (χ3v) is 3.96. The molecule has 0 aromatic heterocycles. The number of hydrogen-bond donors (Lipinski definition) is 0. The summed E-state index contributed by atoms with van der Waals surface area (Å²) in [6, 6.07) is 14.3. The molecule has 0 amide bonds. The van der Waals surface area contributed by atoms with Gasteiger partial charge in [0, 0.05) is 10.6 Å². The van der Waals surface area contributed by atoms with E-state index in [4.69, 9.17) is 16.3 Å². The molecule has 0 fully saturated rings. The highest BCUT2D eigenvalue weighted by atomic mass is 79.9. The van der Waals surface area contributed by atoms with Gasteiger partial charge in [-0.05, 0) is 42.0 Å². The van der Waals surface area contributed by atoms with Crippen LogP contribution < -0.4 is 4.74 Å². The Morgan fingerprint density at radius 3 is 2.21 bits per heavy atom. The number of halogens is 2. The Labute approximate surface area is 125 Å². The highest BCUT2D eigenvalue weighted by molar-refractivity contribution is 9.09. The first-order chi connectivity index (χ1) is 9.11. The largest absolute Gasteiger partial charge is 0.497 e. The summed E-state index contributed by atoms with van der Waals surface area (Å²) in [4.78, 5) is 11.9. The van der Waals surface area contributed by atoms with Gasteiger partial charge in [0.15, 0.2) is 5.78 Å². The number of hydrogen-bond acceptors (Lipinski definition) is 2. The Balaban J connectivity index is 2.20. The zero-order chi connectivity index (χ0) is 13.8. The maximum absolute atomic E-state index is 12.3. The highest BCUT2D eigenvalue weighted by Gasteiger charge is 2.18. The number of carbonyl (C=O) groups is 1. The van der Waals surface area contributed by atoms with Gasteiger partial charge in [-0.15, -0.1) is 0 Å². The van der Waals surface area contributed by atoms with Crippen molar-refractivity contribution >= 4 is 33.3 Å². The zero-order valence-electron chi connectivity index (χ0n) is 10.3. The van der Waals surface area contributed by atoms with Gasteiger partial charge in [0.05, 0.1) is 7.11 Å². The predicted octanol–water partition coefficient (Wildman–Crippen LogP) is 4.67. The second-order valence-corrected chi connectivity index (χ2v) is 5.36. The van der Waals surface area contributed by atoms with Crippen molar-refractivity contribution in [3.8, 4) is 5.75 Å². The van der Waals surface area contributed by atoms with E-state index in [0.717, 1.165) is 11.3 Å². The van der Waals surface area contributed by atoms with Crippen LogP contribution in [0.5, 0.6) is 5.75 Å². The summed E-state index contributed by atoms with van der Waals surface area (Å²) in [5.74, 6) is 0.735. The number of ketones is 1. The topological polar surface area (TPSA) is 26.3 Å². The van der Waals surface area contributed by atoms with Crippen molar-refractivity contribution < 1.29 is 9.53 Å². The van der Waals surface area contributed by atoms with E-state index in [9.17, 15) is 4.79 Å². The average molecular weight is 340 g/mol. The molecule has 0 aliphatic rings. The fourth-order valence-corrected chi connectivity index (χ4v) is 2.38. The summed E-state index contributed by atoms with van der Waals surface area (Å²) in [5.41, 5.74) is 1.52. The molecular weight excluding hydrogens is 328 g/mol. The minimum absolute atomic E-state index is 0.00461. The number of benzene rings is 2. The Morgan fingerprint density at radius 2 is 1.68 bits per heavy atom. The summed E-state index contributed by atoms with van der Waals surface area (Å²) < 4.78 is 5.07. The lowest BCUT2D eigenvalue weighted by Gasteiger charge is -2.10. The molecule has 0 heterocycles.